The normalized spacial score (nSPS) is 32.4. The smallest absolute Gasteiger partial charge is 0.247 e. The van der Waals surface area contributed by atoms with Gasteiger partial charge in [-0.2, -0.15) is 0 Å². The summed E-state index contributed by atoms with van der Waals surface area (Å²) >= 11 is 0. The molecule has 2 aliphatic heterocycles. The van der Waals surface area contributed by atoms with Crippen LogP contribution in [0.1, 0.15) is 32.6 Å². The first kappa shape index (κ1) is 14.3. The number of ether oxygens (including phenoxy) is 2. The van der Waals surface area contributed by atoms with Gasteiger partial charge in [-0.15, -0.1) is 0 Å². The Morgan fingerprint density at radius 2 is 2.00 bits per heavy atom. The minimum absolute atomic E-state index is 0.0361. The lowest BCUT2D eigenvalue weighted by atomic mass is 9.85. The quantitative estimate of drug-likeness (QED) is 0.909. The van der Waals surface area contributed by atoms with Gasteiger partial charge in [-0.05, 0) is 18.9 Å². The summed E-state index contributed by atoms with van der Waals surface area (Å²) in [7, 11) is 0. The molecule has 1 fully saturated rings. The third-order valence-electron chi connectivity index (χ3n) is 4.11. The van der Waals surface area contributed by atoms with Crippen LogP contribution in [0.25, 0.3) is 0 Å². The highest BCUT2D eigenvalue weighted by Gasteiger charge is 2.49. The van der Waals surface area contributed by atoms with E-state index in [1.54, 1.807) is 0 Å². The van der Waals surface area contributed by atoms with Crippen molar-refractivity contribution in [1.82, 2.24) is 5.32 Å². The van der Waals surface area contributed by atoms with E-state index in [0.717, 1.165) is 11.1 Å². The standard InChI is InChI=1S/C17H21NO3/c1-11(2)14-17(9-12(3)15(19)18-17)10-20-16(21-14)13-7-5-4-6-8-13/h4-9,11,14,16H,10H2,1-3H3,(H,18,19)/t14-,16-,17+/m1/s1. The van der Waals surface area contributed by atoms with Gasteiger partial charge in [-0.1, -0.05) is 44.2 Å². The Morgan fingerprint density at radius 1 is 1.29 bits per heavy atom. The van der Waals surface area contributed by atoms with Gasteiger partial charge < -0.3 is 14.8 Å². The van der Waals surface area contributed by atoms with Gasteiger partial charge in [0, 0.05) is 11.1 Å². The van der Waals surface area contributed by atoms with Crippen LogP contribution in [0.4, 0.5) is 0 Å². The zero-order chi connectivity index (χ0) is 15.0. The molecule has 1 saturated heterocycles. The number of carbonyl (C=O) groups excluding carboxylic acids is 1. The summed E-state index contributed by atoms with van der Waals surface area (Å²) in [6, 6.07) is 9.90. The Kier molecular flexibility index (Phi) is 3.59. The number of hydrogen-bond acceptors (Lipinski definition) is 3. The van der Waals surface area contributed by atoms with Gasteiger partial charge >= 0.3 is 0 Å². The second-order valence-electron chi connectivity index (χ2n) is 6.18. The van der Waals surface area contributed by atoms with Crippen LogP contribution in [0.15, 0.2) is 42.0 Å². The van der Waals surface area contributed by atoms with Crippen LogP contribution in [0.5, 0.6) is 0 Å². The van der Waals surface area contributed by atoms with Crippen molar-refractivity contribution < 1.29 is 14.3 Å². The van der Waals surface area contributed by atoms with Crippen LogP contribution < -0.4 is 5.32 Å². The molecule has 21 heavy (non-hydrogen) atoms. The number of benzene rings is 1. The third-order valence-corrected chi connectivity index (χ3v) is 4.11. The molecule has 1 spiro atoms. The average Bonchev–Trinajstić information content (AvgIpc) is 2.75. The maximum Gasteiger partial charge on any atom is 0.247 e. The van der Waals surface area contributed by atoms with Crippen LogP contribution in [-0.2, 0) is 14.3 Å². The summed E-state index contributed by atoms with van der Waals surface area (Å²) in [5.41, 5.74) is 1.19. The van der Waals surface area contributed by atoms with Gasteiger partial charge in [0.1, 0.15) is 5.54 Å². The van der Waals surface area contributed by atoms with Crippen molar-refractivity contribution in [2.45, 2.75) is 38.7 Å². The van der Waals surface area contributed by atoms with E-state index in [1.807, 2.05) is 43.3 Å². The molecule has 0 aliphatic carbocycles. The van der Waals surface area contributed by atoms with E-state index in [9.17, 15) is 4.79 Å². The summed E-state index contributed by atoms with van der Waals surface area (Å²) in [6.45, 7) is 6.46. The molecule has 1 aromatic carbocycles. The van der Waals surface area contributed by atoms with Crippen molar-refractivity contribution in [3.8, 4) is 0 Å². The van der Waals surface area contributed by atoms with Gasteiger partial charge in [0.25, 0.3) is 0 Å². The van der Waals surface area contributed by atoms with Crippen LogP contribution in [-0.4, -0.2) is 24.2 Å². The Labute approximate surface area is 125 Å². The molecule has 1 N–H and O–H groups in total. The molecule has 112 valence electrons. The molecular formula is C17H21NO3. The largest absolute Gasteiger partial charge is 0.345 e. The Hall–Kier alpha value is -1.65. The van der Waals surface area contributed by atoms with Gasteiger partial charge in [0.05, 0.1) is 12.7 Å². The van der Waals surface area contributed by atoms with E-state index in [0.29, 0.717) is 6.61 Å². The lowest BCUT2D eigenvalue weighted by Crippen LogP contribution is -2.61. The summed E-state index contributed by atoms with van der Waals surface area (Å²) in [5, 5.41) is 3.04. The minimum Gasteiger partial charge on any atom is -0.345 e. The highest BCUT2D eigenvalue weighted by atomic mass is 16.7. The number of hydrogen-bond donors (Lipinski definition) is 1. The second kappa shape index (κ2) is 5.28. The zero-order valence-electron chi connectivity index (χ0n) is 12.6. The van der Waals surface area contributed by atoms with Gasteiger partial charge in [0.15, 0.2) is 6.29 Å². The van der Waals surface area contributed by atoms with Crippen molar-refractivity contribution >= 4 is 5.91 Å². The summed E-state index contributed by atoms with van der Waals surface area (Å²) in [4.78, 5) is 11.9. The highest BCUT2D eigenvalue weighted by molar-refractivity contribution is 5.96. The second-order valence-corrected chi connectivity index (χ2v) is 6.18. The predicted octanol–water partition coefficient (Wildman–Crippen LogP) is 2.57. The minimum atomic E-state index is -0.541. The molecule has 0 bridgehead atoms. The maximum absolute atomic E-state index is 11.9. The molecule has 2 heterocycles. The Morgan fingerprint density at radius 3 is 2.57 bits per heavy atom. The fraction of sp³-hybridized carbons (Fsp3) is 0.471. The van der Waals surface area contributed by atoms with Crippen LogP contribution >= 0.6 is 0 Å². The fourth-order valence-electron chi connectivity index (χ4n) is 3.16. The lowest BCUT2D eigenvalue weighted by molar-refractivity contribution is -0.253. The Balaban J connectivity index is 1.87. The molecule has 4 heteroatoms. The molecule has 0 aromatic heterocycles. The van der Waals surface area contributed by atoms with E-state index >= 15 is 0 Å². The average molecular weight is 287 g/mol. The first-order valence-corrected chi connectivity index (χ1v) is 7.36. The predicted molar refractivity (Wildman–Crippen MR) is 79.5 cm³/mol. The van der Waals surface area contributed by atoms with Crippen molar-refractivity contribution in [2.75, 3.05) is 6.61 Å². The van der Waals surface area contributed by atoms with E-state index in [1.165, 1.54) is 0 Å². The Bertz CT molecular complexity index is 567. The number of nitrogens with one attached hydrogen (secondary N) is 1. The first-order valence-electron chi connectivity index (χ1n) is 7.36. The molecule has 3 atom stereocenters. The molecule has 3 rings (SSSR count). The summed E-state index contributed by atoms with van der Waals surface area (Å²) in [5.74, 6) is 0.230. The maximum atomic E-state index is 11.9. The number of amides is 1. The number of carbonyl (C=O) groups is 1. The highest BCUT2D eigenvalue weighted by Crippen LogP contribution is 2.38. The van der Waals surface area contributed by atoms with Gasteiger partial charge in [-0.3, -0.25) is 4.79 Å². The lowest BCUT2D eigenvalue weighted by Gasteiger charge is -2.45. The van der Waals surface area contributed by atoms with Crippen molar-refractivity contribution in [3.05, 3.63) is 47.5 Å². The van der Waals surface area contributed by atoms with Gasteiger partial charge in [0.2, 0.25) is 5.91 Å². The number of rotatable bonds is 2. The third kappa shape index (κ3) is 2.49. The van der Waals surface area contributed by atoms with Crippen molar-refractivity contribution in [3.63, 3.8) is 0 Å². The first-order chi connectivity index (χ1) is 10.0. The van der Waals surface area contributed by atoms with E-state index in [2.05, 4.69) is 19.2 Å². The SMILES string of the molecule is CC1=C[C@@]2(CO[C@@H](c3ccccc3)O[C@@H]2C(C)C)NC1=O. The van der Waals surface area contributed by atoms with E-state index in [4.69, 9.17) is 9.47 Å². The van der Waals surface area contributed by atoms with Gasteiger partial charge in [-0.25, -0.2) is 0 Å². The fourth-order valence-corrected chi connectivity index (χ4v) is 3.16. The molecule has 1 amide bonds. The summed E-state index contributed by atoms with van der Waals surface area (Å²) in [6.07, 6.45) is 1.47. The van der Waals surface area contributed by atoms with Crippen LogP contribution in [0.3, 0.4) is 0 Å². The zero-order valence-corrected chi connectivity index (χ0v) is 12.6. The molecule has 0 radical (unpaired) electrons. The molecule has 4 nitrogen and oxygen atoms in total. The molecule has 0 unspecified atom stereocenters. The van der Waals surface area contributed by atoms with Crippen molar-refractivity contribution in [1.29, 1.82) is 0 Å². The van der Waals surface area contributed by atoms with E-state index in [-0.39, 0.29) is 24.2 Å². The molecule has 0 saturated carbocycles. The summed E-state index contributed by atoms with van der Waals surface area (Å²) < 4.78 is 12.1. The van der Waals surface area contributed by atoms with E-state index < -0.39 is 5.54 Å². The van der Waals surface area contributed by atoms with Crippen LogP contribution in [0, 0.1) is 5.92 Å². The molecular weight excluding hydrogens is 266 g/mol. The molecule has 1 aromatic rings. The van der Waals surface area contributed by atoms with Crippen LogP contribution in [0.2, 0.25) is 0 Å². The van der Waals surface area contributed by atoms with Crippen molar-refractivity contribution in [2.24, 2.45) is 5.92 Å². The topological polar surface area (TPSA) is 47.6 Å². The monoisotopic (exact) mass is 287 g/mol. The molecule has 2 aliphatic rings.